The largest absolute Gasteiger partial charge is 0.417 e. The molecule has 0 saturated carbocycles. The molecule has 0 spiro atoms. The number of H-pyrrole nitrogens is 1. The van der Waals surface area contributed by atoms with Gasteiger partial charge < -0.3 is 4.98 Å². The van der Waals surface area contributed by atoms with Gasteiger partial charge in [-0.1, -0.05) is 18.2 Å². The number of hydrogen-bond acceptors (Lipinski definition) is 1. The van der Waals surface area contributed by atoms with E-state index in [4.69, 9.17) is 0 Å². The van der Waals surface area contributed by atoms with Crippen molar-refractivity contribution < 1.29 is 13.2 Å². The van der Waals surface area contributed by atoms with Gasteiger partial charge in [0.2, 0.25) is 5.56 Å². The number of nitrogens with one attached hydrogen (secondary N) is 1. The molecule has 1 aromatic carbocycles. The van der Waals surface area contributed by atoms with Gasteiger partial charge in [-0.2, -0.15) is 13.2 Å². The Kier molecular flexibility index (Phi) is 2.98. The second kappa shape index (κ2) is 4.33. The Labute approximate surface area is 101 Å². The highest BCUT2D eigenvalue weighted by Gasteiger charge is 2.33. The summed E-state index contributed by atoms with van der Waals surface area (Å²) in [5, 5.41) is 0. The van der Waals surface area contributed by atoms with Crippen LogP contribution in [0, 0.1) is 6.92 Å². The van der Waals surface area contributed by atoms with Crippen LogP contribution in [0.4, 0.5) is 13.2 Å². The first kappa shape index (κ1) is 12.4. The number of hydrogen-bond donors (Lipinski definition) is 1. The number of pyridine rings is 1. The first-order chi connectivity index (χ1) is 8.39. The van der Waals surface area contributed by atoms with E-state index in [-0.39, 0.29) is 5.56 Å². The van der Waals surface area contributed by atoms with Crippen molar-refractivity contribution in [1.29, 1.82) is 0 Å². The molecule has 0 amide bonds. The zero-order chi connectivity index (χ0) is 13.3. The summed E-state index contributed by atoms with van der Waals surface area (Å²) in [6.07, 6.45) is -3.03. The van der Waals surface area contributed by atoms with Gasteiger partial charge in [0.1, 0.15) is 0 Å². The molecule has 1 aromatic heterocycles. The lowest BCUT2D eigenvalue weighted by molar-refractivity contribution is -0.137. The van der Waals surface area contributed by atoms with Crippen LogP contribution >= 0.6 is 0 Å². The van der Waals surface area contributed by atoms with Crippen molar-refractivity contribution in [2.24, 2.45) is 0 Å². The fourth-order valence-corrected chi connectivity index (χ4v) is 1.80. The Morgan fingerprint density at radius 1 is 1.11 bits per heavy atom. The topological polar surface area (TPSA) is 32.9 Å². The molecule has 2 nitrogen and oxygen atoms in total. The lowest BCUT2D eigenvalue weighted by Crippen LogP contribution is -2.09. The van der Waals surface area contributed by atoms with Crippen LogP contribution in [-0.2, 0) is 6.18 Å². The molecule has 1 N–H and O–H groups in total. The summed E-state index contributed by atoms with van der Waals surface area (Å²) in [5.41, 5.74) is -0.252. The van der Waals surface area contributed by atoms with Crippen LogP contribution in [-0.4, -0.2) is 4.98 Å². The highest BCUT2D eigenvalue weighted by molar-refractivity contribution is 5.70. The van der Waals surface area contributed by atoms with Crippen LogP contribution < -0.4 is 5.56 Å². The minimum absolute atomic E-state index is 0.0219. The van der Waals surface area contributed by atoms with Gasteiger partial charge in [0.05, 0.1) is 5.56 Å². The summed E-state index contributed by atoms with van der Waals surface area (Å²) in [7, 11) is 0. The molecule has 0 atom stereocenters. The maximum atomic E-state index is 12.9. The molecule has 18 heavy (non-hydrogen) atoms. The first-order valence-corrected chi connectivity index (χ1v) is 5.25. The van der Waals surface area contributed by atoms with E-state index in [1.54, 1.807) is 6.92 Å². The Morgan fingerprint density at radius 2 is 1.78 bits per heavy atom. The molecule has 0 unspecified atom stereocenters. The molecule has 0 saturated heterocycles. The summed E-state index contributed by atoms with van der Waals surface area (Å²) in [6.45, 7) is 1.65. The molecular formula is C13H10F3NO. The second-order valence-corrected chi connectivity index (χ2v) is 3.94. The summed E-state index contributed by atoms with van der Waals surface area (Å²) >= 11 is 0. The smallest absolute Gasteiger partial charge is 0.329 e. The lowest BCUT2D eigenvalue weighted by Gasteiger charge is -2.13. The third-order valence-corrected chi connectivity index (χ3v) is 2.65. The average Bonchev–Trinajstić information content (AvgIpc) is 2.31. The van der Waals surface area contributed by atoms with Gasteiger partial charge in [-0.15, -0.1) is 0 Å². The van der Waals surface area contributed by atoms with Crippen LogP contribution in [0.15, 0.2) is 41.3 Å². The average molecular weight is 253 g/mol. The maximum Gasteiger partial charge on any atom is 0.417 e. The molecule has 0 bridgehead atoms. The maximum absolute atomic E-state index is 12.9. The van der Waals surface area contributed by atoms with Crippen LogP contribution in [0.2, 0.25) is 0 Å². The summed E-state index contributed by atoms with van der Waals surface area (Å²) < 4.78 is 38.6. The molecule has 1 heterocycles. The van der Waals surface area contributed by atoms with Gasteiger partial charge in [0.25, 0.3) is 0 Å². The van der Waals surface area contributed by atoms with E-state index in [0.717, 1.165) is 6.07 Å². The highest BCUT2D eigenvalue weighted by atomic mass is 19.4. The van der Waals surface area contributed by atoms with E-state index in [2.05, 4.69) is 4.98 Å². The van der Waals surface area contributed by atoms with E-state index in [1.165, 1.54) is 30.5 Å². The third kappa shape index (κ3) is 2.30. The van der Waals surface area contributed by atoms with Gasteiger partial charge in [-0.05, 0) is 29.7 Å². The normalized spacial score (nSPS) is 11.6. The number of rotatable bonds is 1. The van der Waals surface area contributed by atoms with Gasteiger partial charge in [0, 0.05) is 12.3 Å². The van der Waals surface area contributed by atoms with E-state index >= 15 is 0 Å². The Morgan fingerprint density at radius 3 is 2.44 bits per heavy atom. The molecule has 5 heteroatoms. The zero-order valence-electron chi connectivity index (χ0n) is 9.51. The molecular weight excluding hydrogens is 243 g/mol. The molecule has 0 radical (unpaired) electrons. The number of aryl methyl sites for hydroxylation is 1. The predicted molar refractivity (Wildman–Crippen MR) is 62.2 cm³/mol. The van der Waals surface area contributed by atoms with Crippen molar-refractivity contribution in [3.05, 3.63) is 58.0 Å². The summed E-state index contributed by atoms with van der Waals surface area (Å²) in [5.74, 6) is 0. The predicted octanol–water partition coefficient (Wildman–Crippen LogP) is 3.37. The lowest BCUT2D eigenvalue weighted by atomic mass is 9.97. The van der Waals surface area contributed by atoms with Crippen molar-refractivity contribution in [2.75, 3.05) is 0 Å². The first-order valence-electron chi connectivity index (χ1n) is 5.25. The monoisotopic (exact) mass is 253 g/mol. The molecule has 0 aliphatic carbocycles. The molecule has 0 aliphatic heterocycles. The number of aromatic amines is 1. The zero-order valence-corrected chi connectivity index (χ0v) is 9.51. The van der Waals surface area contributed by atoms with E-state index < -0.39 is 17.3 Å². The minimum atomic E-state index is -4.44. The van der Waals surface area contributed by atoms with Gasteiger partial charge in [0.15, 0.2) is 0 Å². The SMILES string of the molecule is Cc1c[nH]c(=O)cc1-c1ccccc1C(F)(F)F. The number of benzene rings is 1. The number of aromatic nitrogens is 1. The third-order valence-electron chi connectivity index (χ3n) is 2.65. The summed E-state index contributed by atoms with van der Waals surface area (Å²) in [6, 6.07) is 6.40. The van der Waals surface area contributed by atoms with Crippen LogP contribution in [0.25, 0.3) is 11.1 Å². The van der Waals surface area contributed by atoms with Crippen LogP contribution in [0.3, 0.4) is 0 Å². The highest BCUT2D eigenvalue weighted by Crippen LogP contribution is 2.37. The van der Waals surface area contributed by atoms with Crippen LogP contribution in [0.1, 0.15) is 11.1 Å². The fraction of sp³-hybridized carbons (Fsp3) is 0.154. The van der Waals surface area contributed by atoms with Gasteiger partial charge in [-0.3, -0.25) is 4.79 Å². The van der Waals surface area contributed by atoms with E-state index in [1.807, 2.05) is 0 Å². The van der Waals surface area contributed by atoms with Crippen molar-refractivity contribution in [2.45, 2.75) is 13.1 Å². The van der Waals surface area contributed by atoms with Crippen molar-refractivity contribution in [3.8, 4) is 11.1 Å². The van der Waals surface area contributed by atoms with Crippen LogP contribution in [0.5, 0.6) is 0 Å². The standard InChI is InChI=1S/C13H10F3NO/c1-8-7-17-12(18)6-10(8)9-4-2-3-5-11(9)13(14,15)16/h2-7H,1H3,(H,17,18). The van der Waals surface area contributed by atoms with Gasteiger partial charge in [-0.25, -0.2) is 0 Å². The number of halogens is 3. The van der Waals surface area contributed by atoms with Crippen molar-refractivity contribution >= 4 is 0 Å². The van der Waals surface area contributed by atoms with Crippen molar-refractivity contribution in [1.82, 2.24) is 4.98 Å². The Bertz CT molecular complexity index is 629. The van der Waals surface area contributed by atoms with Crippen molar-refractivity contribution in [3.63, 3.8) is 0 Å². The number of alkyl halides is 3. The molecule has 0 fully saturated rings. The van der Waals surface area contributed by atoms with E-state index in [0.29, 0.717) is 11.1 Å². The molecule has 0 aliphatic rings. The summed E-state index contributed by atoms with van der Waals surface area (Å²) in [4.78, 5) is 13.7. The minimum Gasteiger partial charge on any atom is -0.329 e. The molecule has 2 aromatic rings. The quantitative estimate of drug-likeness (QED) is 0.830. The molecule has 2 rings (SSSR count). The van der Waals surface area contributed by atoms with Gasteiger partial charge >= 0.3 is 6.18 Å². The fourth-order valence-electron chi connectivity index (χ4n) is 1.80. The molecule has 94 valence electrons. The van der Waals surface area contributed by atoms with E-state index in [9.17, 15) is 18.0 Å². The Balaban J connectivity index is 2.72. The Hall–Kier alpha value is -2.04. The second-order valence-electron chi connectivity index (χ2n) is 3.94.